The predicted molar refractivity (Wildman–Crippen MR) is 74.8 cm³/mol. The van der Waals surface area contributed by atoms with Crippen molar-refractivity contribution in [2.45, 2.75) is 57.9 Å². The van der Waals surface area contributed by atoms with E-state index < -0.39 is 0 Å². The van der Waals surface area contributed by atoms with Gasteiger partial charge in [0.05, 0.1) is 12.1 Å². The van der Waals surface area contributed by atoms with Crippen molar-refractivity contribution in [2.75, 3.05) is 0 Å². The lowest BCUT2D eigenvalue weighted by molar-refractivity contribution is -0.118. The smallest absolute Gasteiger partial charge is 0.141 e. The Hall–Kier alpha value is -0.740. The fraction of sp³-hybridized carbons (Fsp3) is 0.714. The molecule has 1 fully saturated rings. The normalized spacial score (nSPS) is 17.8. The topological polar surface area (TPSA) is 56.0 Å². The second-order valence-corrected chi connectivity index (χ2v) is 7.24. The molecule has 4 heteroatoms. The van der Waals surface area contributed by atoms with Crippen molar-refractivity contribution in [2.24, 2.45) is 11.7 Å². The molecule has 100 valence electrons. The first-order chi connectivity index (χ1) is 8.36. The summed E-state index contributed by atoms with van der Waals surface area (Å²) in [5.74, 6) is 0.819. The fourth-order valence-corrected chi connectivity index (χ4v) is 2.98. The highest BCUT2D eigenvalue weighted by Crippen LogP contribution is 2.33. The number of aromatic nitrogens is 1. The van der Waals surface area contributed by atoms with Crippen LogP contribution in [0.15, 0.2) is 5.38 Å². The molecule has 1 heterocycles. The Morgan fingerprint density at radius 1 is 1.56 bits per heavy atom. The number of nitrogens with zero attached hydrogens (tertiary/aromatic N) is 1. The summed E-state index contributed by atoms with van der Waals surface area (Å²) in [5, 5.41) is 2.98. The van der Waals surface area contributed by atoms with Gasteiger partial charge in [0.2, 0.25) is 0 Å². The molecule has 3 nitrogen and oxygen atoms in total. The summed E-state index contributed by atoms with van der Waals surface area (Å²) in [5.41, 5.74) is 7.10. The molecule has 0 bridgehead atoms. The van der Waals surface area contributed by atoms with Crippen LogP contribution < -0.4 is 5.73 Å². The Bertz CT molecular complexity index is 429. The Morgan fingerprint density at radius 3 is 2.72 bits per heavy atom. The van der Waals surface area contributed by atoms with Crippen molar-refractivity contribution in [1.29, 1.82) is 0 Å². The molecule has 2 N–H and O–H groups in total. The largest absolute Gasteiger partial charge is 0.327 e. The van der Waals surface area contributed by atoms with Gasteiger partial charge >= 0.3 is 0 Å². The highest BCUT2D eigenvalue weighted by atomic mass is 32.1. The van der Waals surface area contributed by atoms with Gasteiger partial charge in [-0.1, -0.05) is 20.8 Å². The summed E-state index contributed by atoms with van der Waals surface area (Å²) in [7, 11) is 0. The molecule has 1 saturated carbocycles. The highest BCUT2D eigenvalue weighted by molar-refractivity contribution is 7.09. The zero-order valence-corrected chi connectivity index (χ0v) is 12.2. The minimum atomic E-state index is 0.0578. The van der Waals surface area contributed by atoms with Crippen molar-refractivity contribution in [3.05, 3.63) is 16.1 Å². The van der Waals surface area contributed by atoms with Crippen LogP contribution in [0.25, 0.3) is 0 Å². The molecule has 1 aromatic rings. The van der Waals surface area contributed by atoms with Gasteiger partial charge in [0.25, 0.3) is 0 Å². The van der Waals surface area contributed by atoms with Gasteiger partial charge in [0, 0.05) is 23.3 Å². The fourth-order valence-electron chi connectivity index (χ4n) is 1.93. The zero-order chi connectivity index (χ0) is 13.3. The van der Waals surface area contributed by atoms with E-state index in [0.717, 1.165) is 10.7 Å². The van der Waals surface area contributed by atoms with Gasteiger partial charge in [0.15, 0.2) is 0 Å². The summed E-state index contributed by atoms with van der Waals surface area (Å²) in [4.78, 5) is 16.4. The van der Waals surface area contributed by atoms with Gasteiger partial charge < -0.3 is 5.73 Å². The van der Waals surface area contributed by atoms with E-state index in [4.69, 9.17) is 5.73 Å². The van der Waals surface area contributed by atoms with E-state index in [1.807, 2.05) is 0 Å². The molecular formula is C14H22N2OS. The molecule has 1 aliphatic carbocycles. The van der Waals surface area contributed by atoms with E-state index in [1.165, 1.54) is 12.8 Å². The molecule has 1 unspecified atom stereocenters. The second kappa shape index (κ2) is 5.10. The number of Topliss-reactive ketones (excluding diaryl/α,β-unsaturated/α-hetero) is 1. The summed E-state index contributed by atoms with van der Waals surface area (Å²) in [6, 6.07) is 0.0690. The molecule has 0 amide bonds. The van der Waals surface area contributed by atoms with Crippen molar-refractivity contribution >= 4 is 17.1 Å². The molecule has 1 aromatic heterocycles. The SMILES string of the molecule is CC(C)(C)c1csc(CC(=O)CC(N)C2CC2)n1. The van der Waals surface area contributed by atoms with E-state index in [-0.39, 0.29) is 17.2 Å². The molecule has 1 atom stereocenters. The van der Waals surface area contributed by atoms with Crippen molar-refractivity contribution in [3.8, 4) is 0 Å². The number of nitrogens with two attached hydrogens (primary N) is 1. The Kier molecular flexibility index (Phi) is 3.87. The number of hydrogen-bond donors (Lipinski definition) is 1. The van der Waals surface area contributed by atoms with Crippen LogP contribution >= 0.6 is 11.3 Å². The molecule has 2 rings (SSSR count). The van der Waals surface area contributed by atoms with E-state index in [1.54, 1.807) is 11.3 Å². The monoisotopic (exact) mass is 266 g/mol. The molecule has 0 aliphatic heterocycles. The summed E-state index contributed by atoms with van der Waals surface area (Å²) in [6.45, 7) is 6.41. The lowest BCUT2D eigenvalue weighted by Gasteiger charge is -2.14. The average Bonchev–Trinajstić information content (AvgIpc) is 2.98. The maximum absolute atomic E-state index is 11.9. The van der Waals surface area contributed by atoms with Gasteiger partial charge in [-0.25, -0.2) is 4.98 Å². The van der Waals surface area contributed by atoms with Crippen molar-refractivity contribution < 1.29 is 4.79 Å². The molecule has 0 aromatic carbocycles. The van der Waals surface area contributed by atoms with E-state index in [9.17, 15) is 4.79 Å². The first kappa shape index (κ1) is 13.7. The zero-order valence-electron chi connectivity index (χ0n) is 11.4. The van der Waals surface area contributed by atoms with Crippen LogP contribution in [0.3, 0.4) is 0 Å². The highest BCUT2D eigenvalue weighted by Gasteiger charge is 2.30. The lowest BCUT2D eigenvalue weighted by atomic mass is 9.93. The van der Waals surface area contributed by atoms with Crippen LogP contribution in [-0.2, 0) is 16.6 Å². The average molecular weight is 266 g/mol. The quantitative estimate of drug-likeness (QED) is 0.891. The number of carbonyl (C=O) groups is 1. The molecule has 18 heavy (non-hydrogen) atoms. The number of hydrogen-bond acceptors (Lipinski definition) is 4. The Morgan fingerprint density at radius 2 is 2.22 bits per heavy atom. The van der Waals surface area contributed by atoms with E-state index in [2.05, 4.69) is 31.1 Å². The number of thiazole rings is 1. The molecular weight excluding hydrogens is 244 g/mol. The standard InChI is InChI=1S/C14H22N2OS/c1-14(2,3)12-8-18-13(16-12)7-10(17)6-11(15)9-4-5-9/h8-9,11H,4-7,15H2,1-3H3. The molecule has 0 radical (unpaired) electrons. The third-order valence-electron chi connectivity index (χ3n) is 3.36. The van der Waals surface area contributed by atoms with Crippen LogP contribution in [0.5, 0.6) is 0 Å². The Labute approximate surface area is 113 Å². The molecule has 0 spiro atoms. The minimum absolute atomic E-state index is 0.0578. The molecule has 0 saturated heterocycles. The summed E-state index contributed by atoms with van der Waals surface area (Å²) in [6.07, 6.45) is 3.34. The van der Waals surface area contributed by atoms with Crippen molar-refractivity contribution in [1.82, 2.24) is 4.98 Å². The third-order valence-corrected chi connectivity index (χ3v) is 4.21. The minimum Gasteiger partial charge on any atom is -0.327 e. The van der Waals surface area contributed by atoms with Gasteiger partial charge in [-0.15, -0.1) is 11.3 Å². The van der Waals surface area contributed by atoms with Gasteiger partial charge in [-0.3, -0.25) is 4.79 Å². The van der Waals surface area contributed by atoms with Crippen molar-refractivity contribution in [3.63, 3.8) is 0 Å². The number of carbonyl (C=O) groups excluding carboxylic acids is 1. The van der Waals surface area contributed by atoms with Crippen LogP contribution in [0, 0.1) is 5.92 Å². The van der Waals surface area contributed by atoms with Crippen LogP contribution in [0.2, 0.25) is 0 Å². The van der Waals surface area contributed by atoms with Crippen LogP contribution in [0.4, 0.5) is 0 Å². The lowest BCUT2D eigenvalue weighted by Crippen LogP contribution is -2.26. The predicted octanol–water partition coefficient (Wildman–Crippen LogP) is 2.68. The van der Waals surface area contributed by atoms with E-state index in [0.29, 0.717) is 18.8 Å². The first-order valence-corrected chi connectivity index (χ1v) is 7.46. The van der Waals surface area contributed by atoms with Gasteiger partial charge in [0.1, 0.15) is 10.8 Å². The summed E-state index contributed by atoms with van der Waals surface area (Å²) >= 11 is 1.58. The Balaban J connectivity index is 1.88. The number of ketones is 1. The van der Waals surface area contributed by atoms with E-state index >= 15 is 0 Å². The summed E-state index contributed by atoms with van der Waals surface area (Å²) < 4.78 is 0. The van der Waals surface area contributed by atoms with Gasteiger partial charge in [-0.05, 0) is 18.8 Å². The van der Waals surface area contributed by atoms with Crippen LogP contribution in [-0.4, -0.2) is 16.8 Å². The maximum atomic E-state index is 11.9. The maximum Gasteiger partial charge on any atom is 0.141 e. The van der Waals surface area contributed by atoms with Gasteiger partial charge in [-0.2, -0.15) is 0 Å². The number of rotatable bonds is 5. The second-order valence-electron chi connectivity index (χ2n) is 6.30. The molecule has 1 aliphatic rings. The third kappa shape index (κ3) is 3.62. The van der Waals surface area contributed by atoms with Crippen LogP contribution in [0.1, 0.15) is 50.7 Å². The first-order valence-electron chi connectivity index (χ1n) is 6.58.